The van der Waals surface area contributed by atoms with Gasteiger partial charge in [-0.15, -0.1) is 0 Å². The summed E-state index contributed by atoms with van der Waals surface area (Å²) in [6.07, 6.45) is 0. The normalized spacial score (nSPS) is 11.3. The number of nitrogen functional groups attached to an aromatic ring is 1. The number of rotatable bonds is 4. The highest BCUT2D eigenvalue weighted by Gasteiger charge is 2.14. The monoisotopic (exact) mass is 311 g/mol. The smallest absolute Gasteiger partial charge is 0.240 e. The highest BCUT2D eigenvalue weighted by molar-refractivity contribution is 7.89. The van der Waals surface area contributed by atoms with Gasteiger partial charge in [0.25, 0.3) is 0 Å². The lowest BCUT2D eigenvalue weighted by atomic mass is 10.2. The number of hydrogen-bond donors (Lipinski definition) is 3. The molecule has 20 heavy (non-hydrogen) atoms. The Kier molecular flexibility index (Phi) is 4.17. The summed E-state index contributed by atoms with van der Waals surface area (Å²) < 4.78 is 23.1. The summed E-state index contributed by atoms with van der Waals surface area (Å²) in [5.41, 5.74) is 7.25. The Morgan fingerprint density at radius 1 is 1.15 bits per heavy atom. The molecule has 0 aliphatic carbocycles. The molecule has 2 aromatic rings. The fraction of sp³-hybridized carbons (Fsp3) is 0.0769. The maximum atomic E-state index is 11.5. The van der Waals surface area contributed by atoms with Gasteiger partial charge in [-0.1, -0.05) is 23.7 Å². The zero-order valence-corrected chi connectivity index (χ0v) is 12.1. The molecule has 7 heteroatoms. The summed E-state index contributed by atoms with van der Waals surface area (Å²) in [6, 6.07) is 11.8. The van der Waals surface area contributed by atoms with Crippen molar-refractivity contribution in [3.8, 4) is 0 Å². The van der Waals surface area contributed by atoms with Gasteiger partial charge in [0.1, 0.15) is 4.90 Å². The Labute approximate surface area is 122 Å². The zero-order valence-electron chi connectivity index (χ0n) is 10.5. The number of anilines is 2. The Balaban J connectivity index is 2.26. The van der Waals surface area contributed by atoms with E-state index < -0.39 is 10.0 Å². The van der Waals surface area contributed by atoms with Crippen molar-refractivity contribution in [2.75, 3.05) is 11.1 Å². The van der Waals surface area contributed by atoms with E-state index in [0.717, 1.165) is 5.56 Å². The van der Waals surface area contributed by atoms with Gasteiger partial charge in [0.2, 0.25) is 10.0 Å². The number of benzene rings is 2. The van der Waals surface area contributed by atoms with Gasteiger partial charge >= 0.3 is 0 Å². The van der Waals surface area contributed by atoms with Crippen LogP contribution in [0.2, 0.25) is 5.02 Å². The van der Waals surface area contributed by atoms with Crippen molar-refractivity contribution in [3.05, 3.63) is 53.1 Å². The second-order valence-electron chi connectivity index (χ2n) is 4.28. The summed E-state index contributed by atoms with van der Waals surface area (Å²) in [4.78, 5) is -0.0282. The SMILES string of the molecule is Nc1ccc(NCc2cccc(Cl)c2)c(S(N)(=O)=O)c1. The van der Waals surface area contributed by atoms with Gasteiger partial charge in [-0.25, -0.2) is 13.6 Å². The molecule has 0 aliphatic heterocycles. The van der Waals surface area contributed by atoms with Gasteiger partial charge in [-0.3, -0.25) is 0 Å². The predicted octanol–water partition coefficient (Wildman–Crippen LogP) is 2.18. The molecule has 0 heterocycles. The molecule has 0 radical (unpaired) electrons. The minimum absolute atomic E-state index is 0.0282. The molecular weight excluding hydrogens is 298 g/mol. The van der Waals surface area contributed by atoms with E-state index in [-0.39, 0.29) is 4.90 Å². The second kappa shape index (κ2) is 5.70. The third kappa shape index (κ3) is 3.63. The number of halogens is 1. The van der Waals surface area contributed by atoms with Crippen LogP contribution >= 0.6 is 11.6 Å². The van der Waals surface area contributed by atoms with Gasteiger partial charge in [-0.2, -0.15) is 0 Å². The van der Waals surface area contributed by atoms with E-state index in [1.807, 2.05) is 12.1 Å². The standard InChI is InChI=1S/C13H14ClN3O2S/c14-10-3-1-2-9(6-10)8-17-12-5-4-11(15)7-13(12)20(16,18)19/h1-7,17H,8,15H2,(H2,16,18,19). The molecule has 106 valence electrons. The molecule has 0 aliphatic rings. The van der Waals surface area contributed by atoms with Crippen molar-refractivity contribution in [1.82, 2.24) is 0 Å². The first-order valence-corrected chi connectivity index (χ1v) is 7.69. The maximum absolute atomic E-state index is 11.5. The van der Waals surface area contributed by atoms with Crippen molar-refractivity contribution in [1.29, 1.82) is 0 Å². The first kappa shape index (κ1) is 14.6. The van der Waals surface area contributed by atoms with Crippen LogP contribution in [0.25, 0.3) is 0 Å². The molecule has 0 fully saturated rings. The van der Waals surface area contributed by atoms with E-state index in [9.17, 15) is 8.42 Å². The van der Waals surface area contributed by atoms with Crippen LogP contribution in [0.3, 0.4) is 0 Å². The molecule has 2 aromatic carbocycles. The number of primary sulfonamides is 1. The van der Waals surface area contributed by atoms with Crippen molar-refractivity contribution >= 4 is 33.0 Å². The lowest BCUT2D eigenvalue weighted by Crippen LogP contribution is -2.15. The van der Waals surface area contributed by atoms with Gasteiger partial charge < -0.3 is 11.1 Å². The Morgan fingerprint density at radius 2 is 1.90 bits per heavy atom. The van der Waals surface area contributed by atoms with Crippen LogP contribution in [0, 0.1) is 0 Å². The molecule has 0 saturated carbocycles. The van der Waals surface area contributed by atoms with E-state index in [1.165, 1.54) is 6.07 Å². The lowest BCUT2D eigenvalue weighted by Gasteiger charge is -2.11. The molecule has 0 aromatic heterocycles. The van der Waals surface area contributed by atoms with Gasteiger partial charge in [0.15, 0.2) is 0 Å². The van der Waals surface area contributed by atoms with E-state index in [2.05, 4.69) is 5.32 Å². The van der Waals surface area contributed by atoms with Gasteiger partial charge in [-0.05, 0) is 35.9 Å². The number of hydrogen-bond acceptors (Lipinski definition) is 4. The highest BCUT2D eigenvalue weighted by atomic mass is 35.5. The van der Waals surface area contributed by atoms with Crippen molar-refractivity contribution in [2.45, 2.75) is 11.4 Å². The molecule has 5 N–H and O–H groups in total. The summed E-state index contributed by atoms with van der Waals surface area (Å²) in [5, 5.41) is 8.81. The van der Waals surface area contributed by atoms with E-state index in [4.69, 9.17) is 22.5 Å². The molecule has 0 atom stereocenters. The van der Waals surface area contributed by atoms with Crippen LogP contribution in [0.1, 0.15) is 5.56 Å². The summed E-state index contributed by atoms with van der Waals surface area (Å²) in [5.74, 6) is 0. The molecule has 0 saturated heterocycles. The predicted molar refractivity (Wildman–Crippen MR) is 81.0 cm³/mol. The van der Waals surface area contributed by atoms with Crippen LogP contribution in [-0.4, -0.2) is 8.42 Å². The first-order chi connectivity index (χ1) is 9.36. The molecule has 0 spiro atoms. The van der Waals surface area contributed by atoms with Gasteiger partial charge in [0.05, 0.1) is 5.69 Å². The zero-order chi connectivity index (χ0) is 14.8. The number of nitrogens with one attached hydrogen (secondary N) is 1. The molecule has 0 bridgehead atoms. The van der Waals surface area contributed by atoms with Gasteiger partial charge in [0, 0.05) is 17.3 Å². The van der Waals surface area contributed by atoms with Crippen LogP contribution in [0.5, 0.6) is 0 Å². The second-order valence-corrected chi connectivity index (χ2v) is 6.25. The average molecular weight is 312 g/mol. The topological polar surface area (TPSA) is 98.2 Å². The Bertz CT molecular complexity index is 732. The summed E-state index contributed by atoms with van der Waals surface area (Å²) in [6.45, 7) is 0.424. The third-order valence-corrected chi connectivity index (χ3v) is 3.87. The van der Waals surface area contributed by atoms with E-state index >= 15 is 0 Å². The first-order valence-electron chi connectivity index (χ1n) is 5.77. The number of sulfonamides is 1. The fourth-order valence-corrected chi connectivity index (χ4v) is 2.72. The van der Waals surface area contributed by atoms with Crippen LogP contribution in [0.15, 0.2) is 47.4 Å². The maximum Gasteiger partial charge on any atom is 0.240 e. The van der Waals surface area contributed by atoms with E-state index in [1.54, 1.807) is 24.3 Å². The van der Waals surface area contributed by atoms with E-state index in [0.29, 0.717) is 22.9 Å². The largest absolute Gasteiger partial charge is 0.399 e. The summed E-state index contributed by atoms with van der Waals surface area (Å²) in [7, 11) is -3.84. The summed E-state index contributed by atoms with van der Waals surface area (Å²) >= 11 is 5.89. The highest BCUT2D eigenvalue weighted by Crippen LogP contribution is 2.23. The molecule has 0 unspecified atom stereocenters. The lowest BCUT2D eigenvalue weighted by molar-refractivity contribution is 0.598. The third-order valence-electron chi connectivity index (χ3n) is 2.68. The van der Waals surface area contributed by atoms with Crippen LogP contribution < -0.4 is 16.2 Å². The quantitative estimate of drug-likeness (QED) is 0.754. The molecule has 0 amide bonds. The average Bonchev–Trinajstić information content (AvgIpc) is 2.36. The Hall–Kier alpha value is -1.76. The van der Waals surface area contributed by atoms with Crippen LogP contribution in [0.4, 0.5) is 11.4 Å². The number of nitrogens with two attached hydrogens (primary N) is 2. The minimum atomic E-state index is -3.84. The fourth-order valence-electron chi connectivity index (χ4n) is 1.76. The minimum Gasteiger partial charge on any atom is -0.399 e. The van der Waals surface area contributed by atoms with Crippen molar-refractivity contribution in [3.63, 3.8) is 0 Å². The molecule has 5 nitrogen and oxygen atoms in total. The van der Waals surface area contributed by atoms with Crippen LogP contribution in [-0.2, 0) is 16.6 Å². The van der Waals surface area contributed by atoms with Crippen molar-refractivity contribution in [2.24, 2.45) is 5.14 Å². The molecule has 2 rings (SSSR count). The molecular formula is C13H14ClN3O2S. The van der Waals surface area contributed by atoms with Crippen molar-refractivity contribution < 1.29 is 8.42 Å². The Morgan fingerprint density at radius 3 is 2.55 bits per heavy atom.